The van der Waals surface area contributed by atoms with Crippen LogP contribution in [-0.2, 0) is 0 Å². The second-order valence-corrected chi connectivity index (χ2v) is 6.38. The molecule has 0 aliphatic carbocycles. The van der Waals surface area contributed by atoms with Gasteiger partial charge in [-0.15, -0.1) is 0 Å². The van der Waals surface area contributed by atoms with Crippen molar-refractivity contribution >= 4 is 34.8 Å². The minimum Gasteiger partial charge on any atom is -0.451 e. The van der Waals surface area contributed by atoms with Crippen molar-refractivity contribution in [3.05, 3.63) is 75.5 Å². The Bertz CT molecular complexity index is 915. The van der Waals surface area contributed by atoms with Gasteiger partial charge in [0.15, 0.2) is 5.76 Å². The molecule has 1 heterocycles. The van der Waals surface area contributed by atoms with Crippen molar-refractivity contribution < 1.29 is 9.21 Å². The first-order chi connectivity index (χ1) is 11.4. The van der Waals surface area contributed by atoms with Crippen molar-refractivity contribution in [3.8, 4) is 11.3 Å². The molecule has 0 saturated carbocycles. The van der Waals surface area contributed by atoms with Gasteiger partial charge in [0.1, 0.15) is 5.76 Å². The van der Waals surface area contributed by atoms with E-state index in [1.165, 1.54) is 11.1 Å². The van der Waals surface area contributed by atoms with Crippen LogP contribution in [0.1, 0.15) is 21.7 Å². The van der Waals surface area contributed by atoms with Crippen molar-refractivity contribution in [3.63, 3.8) is 0 Å². The maximum absolute atomic E-state index is 12.3. The highest BCUT2D eigenvalue weighted by Crippen LogP contribution is 2.28. The Morgan fingerprint density at radius 2 is 1.75 bits per heavy atom. The lowest BCUT2D eigenvalue weighted by Crippen LogP contribution is -2.11. The highest BCUT2D eigenvalue weighted by molar-refractivity contribution is 6.35. The third kappa shape index (κ3) is 3.48. The summed E-state index contributed by atoms with van der Waals surface area (Å²) in [6.07, 6.45) is 0. The summed E-state index contributed by atoms with van der Waals surface area (Å²) in [5.74, 6) is 0.467. The molecule has 122 valence electrons. The molecule has 1 aromatic heterocycles. The Morgan fingerprint density at radius 1 is 0.958 bits per heavy atom. The molecule has 0 saturated heterocycles. The fourth-order valence-electron chi connectivity index (χ4n) is 2.29. The molecule has 0 spiro atoms. The van der Waals surface area contributed by atoms with Gasteiger partial charge in [-0.05, 0) is 61.4 Å². The summed E-state index contributed by atoms with van der Waals surface area (Å²) in [5.41, 5.74) is 3.75. The van der Waals surface area contributed by atoms with Crippen LogP contribution >= 0.6 is 23.2 Å². The first-order valence-corrected chi connectivity index (χ1v) is 8.13. The summed E-state index contributed by atoms with van der Waals surface area (Å²) in [6.45, 7) is 4.09. The van der Waals surface area contributed by atoms with E-state index in [0.29, 0.717) is 21.5 Å². The van der Waals surface area contributed by atoms with Gasteiger partial charge in [-0.25, -0.2) is 0 Å². The van der Waals surface area contributed by atoms with Crippen molar-refractivity contribution in [2.75, 3.05) is 5.32 Å². The van der Waals surface area contributed by atoms with E-state index in [9.17, 15) is 4.79 Å². The lowest BCUT2D eigenvalue weighted by molar-refractivity contribution is 0.0997. The van der Waals surface area contributed by atoms with E-state index in [1.807, 2.05) is 25.1 Å². The molecule has 0 bridgehead atoms. The summed E-state index contributed by atoms with van der Waals surface area (Å²) < 4.78 is 5.68. The number of amides is 1. The number of rotatable bonds is 3. The summed E-state index contributed by atoms with van der Waals surface area (Å²) in [7, 11) is 0. The summed E-state index contributed by atoms with van der Waals surface area (Å²) in [4.78, 5) is 12.3. The van der Waals surface area contributed by atoms with Crippen LogP contribution in [0, 0.1) is 13.8 Å². The normalized spacial score (nSPS) is 10.7. The van der Waals surface area contributed by atoms with Crippen LogP contribution in [0.15, 0.2) is 52.9 Å². The lowest BCUT2D eigenvalue weighted by Gasteiger charge is -2.06. The quantitative estimate of drug-likeness (QED) is 0.611. The summed E-state index contributed by atoms with van der Waals surface area (Å²) >= 11 is 12.0. The minimum absolute atomic E-state index is 0.208. The maximum Gasteiger partial charge on any atom is 0.291 e. The van der Waals surface area contributed by atoms with Crippen LogP contribution < -0.4 is 5.32 Å². The van der Waals surface area contributed by atoms with Gasteiger partial charge in [0.25, 0.3) is 5.91 Å². The Kier molecular flexibility index (Phi) is 4.65. The van der Waals surface area contributed by atoms with Gasteiger partial charge in [-0.3, -0.25) is 4.79 Å². The lowest BCUT2D eigenvalue weighted by atomic mass is 10.1. The molecule has 0 unspecified atom stereocenters. The molecule has 0 aliphatic rings. The zero-order chi connectivity index (χ0) is 17.3. The van der Waals surface area contributed by atoms with Crippen molar-refractivity contribution in [1.82, 2.24) is 0 Å². The monoisotopic (exact) mass is 359 g/mol. The molecule has 0 radical (unpaired) electrons. The second-order valence-electron chi connectivity index (χ2n) is 5.54. The third-order valence-electron chi connectivity index (χ3n) is 3.80. The molecule has 0 aliphatic heterocycles. The number of halogens is 2. The van der Waals surface area contributed by atoms with Gasteiger partial charge in [0, 0.05) is 10.6 Å². The number of carbonyl (C=O) groups excluding carboxylic acids is 1. The topological polar surface area (TPSA) is 42.2 Å². The van der Waals surface area contributed by atoms with Gasteiger partial charge in [-0.1, -0.05) is 35.3 Å². The predicted molar refractivity (Wildman–Crippen MR) is 98.0 cm³/mol. The minimum atomic E-state index is -0.380. The molecule has 1 N–H and O–H groups in total. The SMILES string of the molecule is Cc1ccc(-c2ccc(C(=O)Nc3cc(Cl)ccc3Cl)o2)cc1C. The number of nitrogens with one attached hydrogen (secondary N) is 1. The van der Waals surface area contributed by atoms with Crippen molar-refractivity contribution in [1.29, 1.82) is 0 Å². The smallest absolute Gasteiger partial charge is 0.291 e. The second kappa shape index (κ2) is 6.71. The highest BCUT2D eigenvalue weighted by Gasteiger charge is 2.14. The van der Waals surface area contributed by atoms with Crippen molar-refractivity contribution in [2.45, 2.75) is 13.8 Å². The van der Waals surface area contributed by atoms with E-state index in [-0.39, 0.29) is 11.7 Å². The number of hydrogen-bond donors (Lipinski definition) is 1. The summed E-state index contributed by atoms with van der Waals surface area (Å²) in [5, 5.41) is 3.61. The van der Waals surface area contributed by atoms with Crippen molar-refractivity contribution in [2.24, 2.45) is 0 Å². The summed E-state index contributed by atoms with van der Waals surface area (Å²) in [6, 6.07) is 14.3. The molecule has 24 heavy (non-hydrogen) atoms. The van der Waals surface area contributed by atoms with Crippen LogP contribution in [0.4, 0.5) is 5.69 Å². The van der Waals surface area contributed by atoms with Gasteiger partial charge in [0.05, 0.1) is 10.7 Å². The molecular weight excluding hydrogens is 345 g/mol. The van der Waals surface area contributed by atoms with E-state index in [1.54, 1.807) is 30.3 Å². The number of anilines is 1. The molecule has 3 nitrogen and oxygen atoms in total. The molecule has 3 aromatic rings. The van der Waals surface area contributed by atoms with Crippen LogP contribution in [0.3, 0.4) is 0 Å². The molecular formula is C19H15Cl2NO2. The molecule has 3 rings (SSSR count). The van der Waals surface area contributed by atoms with E-state index < -0.39 is 0 Å². The molecule has 2 aromatic carbocycles. The Balaban J connectivity index is 1.83. The average molecular weight is 360 g/mol. The van der Waals surface area contributed by atoms with E-state index in [4.69, 9.17) is 27.6 Å². The van der Waals surface area contributed by atoms with Crippen LogP contribution in [-0.4, -0.2) is 5.91 Å². The standard InChI is InChI=1S/C19H15Cl2NO2/c1-11-3-4-13(9-12(11)2)17-7-8-18(24-17)19(23)22-16-10-14(20)5-6-15(16)21/h3-10H,1-2H3,(H,22,23). The number of hydrogen-bond acceptors (Lipinski definition) is 2. The fraction of sp³-hybridized carbons (Fsp3) is 0.105. The Labute approximate surface area is 150 Å². The van der Waals surface area contributed by atoms with Gasteiger partial charge in [0.2, 0.25) is 0 Å². The molecule has 0 fully saturated rings. The highest BCUT2D eigenvalue weighted by atomic mass is 35.5. The van der Waals surface area contributed by atoms with Crippen LogP contribution in [0.25, 0.3) is 11.3 Å². The van der Waals surface area contributed by atoms with Crippen LogP contribution in [0.2, 0.25) is 10.0 Å². The van der Waals surface area contributed by atoms with Gasteiger partial charge >= 0.3 is 0 Å². The molecule has 5 heteroatoms. The first-order valence-electron chi connectivity index (χ1n) is 7.38. The number of carbonyl (C=O) groups is 1. The Morgan fingerprint density at radius 3 is 2.50 bits per heavy atom. The predicted octanol–water partition coefficient (Wildman–Crippen LogP) is 6.12. The Hall–Kier alpha value is -2.23. The number of benzene rings is 2. The van der Waals surface area contributed by atoms with E-state index in [2.05, 4.69) is 12.2 Å². The maximum atomic E-state index is 12.3. The number of furan rings is 1. The van der Waals surface area contributed by atoms with Gasteiger partial charge in [-0.2, -0.15) is 0 Å². The molecule has 0 atom stereocenters. The fourth-order valence-corrected chi connectivity index (χ4v) is 2.62. The average Bonchev–Trinajstić information content (AvgIpc) is 3.03. The van der Waals surface area contributed by atoms with Gasteiger partial charge < -0.3 is 9.73 Å². The third-order valence-corrected chi connectivity index (χ3v) is 4.36. The zero-order valence-corrected chi connectivity index (χ0v) is 14.7. The zero-order valence-electron chi connectivity index (χ0n) is 13.2. The largest absolute Gasteiger partial charge is 0.451 e. The van der Waals surface area contributed by atoms with Crippen LogP contribution in [0.5, 0.6) is 0 Å². The first kappa shape index (κ1) is 16.6. The van der Waals surface area contributed by atoms with E-state index in [0.717, 1.165) is 5.56 Å². The van der Waals surface area contributed by atoms with E-state index >= 15 is 0 Å². The number of aryl methyl sites for hydroxylation is 2. The molecule has 1 amide bonds.